The fourth-order valence-corrected chi connectivity index (χ4v) is 3.37. The van der Waals surface area contributed by atoms with E-state index in [0.717, 1.165) is 12.0 Å². The number of carbonyl (C=O) groups excluding carboxylic acids is 1. The van der Waals surface area contributed by atoms with E-state index in [9.17, 15) is 17.1 Å². The molecule has 1 fully saturated rings. The summed E-state index contributed by atoms with van der Waals surface area (Å²) in [5.41, 5.74) is 0.857. The predicted molar refractivity (Wildman–Crippen MR) is 72.6 cm³/mol. The van der Waals surface area contributed by atoms with Gasteiger partial charge in [0.1, 0.15) is 5.82 Å². The Morgan fingerprint density at radius 1 is 1.50 bits per heavy atom. The molecule has 1 aromatic rings. The number of hydrogen-bond acceptors (Lipinski definition) is 4. The van der Waals surface area contributed by atoms with Crippen LogP contribution in [0.4, 0.5) is 9.70 Å². The second-order valence-corrected chi connectivity index (χ2v) is 6.57. The van der Waals surface area contributed by atoms with E-state index in [0.29, 0.717) is 12.4 Å². The van der Waals surface area contributed by atoms with E-state index in [1.807, 2.05) is 13.8 Å². The number of amides is 1. The molecule has 1 unspecified atom stereocenters. The summed E-state index contributed by atoms with van der Waals surface area (Å²) in [6.07, 6.45) is 2.61. The van der Waals surface area contributed by atoms with Crippen LogP contribution in [0.3, 0.4) is 0 Å². The quantitative estimate of drug-likeness (QED) is 0.768. The predicted octanol–water partition coefficient (Wildman–Crippen LogP) is 1.25. The Hall–Kier alpha value is -1.44. The first-order chi connectivity index (χ1) is 9.31. The normalized spacial score (nSPS) is 19.9. The average Bonchev–Trinajstić information content (AvgIpc) is 2.81. The number of carbonyl (C=O) groups is 1. The highest BCUT2D eigenvalue weighted by Gasteiger charge is 2.35. The molecule has 1 aliphatic heterocycles. The monoisotopic (exact) mass is 303 g/mol. The lowest BCUT2D eigenvalue weighted by Gasteiger charge is -2.19. The first-order valence-electron chi connectivity index (χ1n) is 6.57. The van der Waals surface area contributed by atoms with Gasteiger partial charge in [0.05, 0.1) is 11.9 Å². The fraction of sp³-hybridized carbons (Fsp3) is 0.667. The highest BCUT2D eigenvalue weighted by Crippen LogP contribution is 2.28. The van der Waals surface area contributed by atoms with Gasteiger partial charge in [0.2, 0.25) is 5.91 Å². The summed E-state index contributed by atoms with van der Waals surface area (Å²) in [4.78, 5) is 13.6. The topological polar surface area (TPSA) is 72.3 Å². The van der Waals surface area contributed by atoms with Crippen molar-refractivity contribution in [2.45, 2.75) is 33.2 Å². The van der Waals surface area contributed by atoms with Gasteiger partial charge in [-0.1, -0.05) is 6.92 Å². The number of halogens is 1. The molecule has 0 aliphatic carbocycles. The Kier molecular flexibility index (Phi) is 4.12. The summed E-state index contributed by atoms with van der Waals surface area (Å²) >= 11 is 0. The van der Waals surface area contributed by atoms with Crippen molar-refractivity contribution in [1.82, 2.24) is 9.78 Å². The molecule has 2 rings (SSSR count). The summed E-state index contributed by atoms with van der Waals surface area (Å²) in [5, 5.41) is 4.21. The summed E-state index contributed by atoms with van der Waals surface area (Å²) in [5.74, 6) is -0.590. The highest BCUT2D eigenvalue weighted by atomic mass is 32.3. The van der Waals surface area contributed by atoms with Crippen LogP contribution in [0, 0.1) is 12.8 Å². The van der Waals surface area contributed by atoms with Crippen molar-refractivity contribution in [3.63, 3.8) is 0 Å². The molecule has 0 N–H and O–H groups in total. The van der Waals surface area contributed by atoms with Crippen LogP contribution in [0.25, 0.3) is 0 Å². The zero-order valence-corrected chi connectivity index (χ0v) is 12.4. The van der Waals surface area contributed by atoms with Crippen molar-refractivity contribution in [2.75, 3.05) is 17.2 Å². The lowest BCUT2D eigenvalue weighted by atomic mass is 10.1. The molecule has 1 saturated heterocycles. The van der Waals surface area contributed by atoms with Crippen LogP contribution < -0.4 is 4.90 Å². The molecule has 112 valence electrons. The Balaban J connectivity index is 2.22. The van der Waals surface area contributed by atoms with Crippen molar-refractivity contribution in [3.05, 3.63) is 11.8 Å². The lowest BCUT2D eigenvalue weighted by molar-refractivity contribution is -0.117. The van der Waals surface area contributed by atoms with Gasteiger partial charge in [0.25, 0.3) is 0 Å². The van der Waals surface area contributed by atoms with E-state index >= 15 is 0 Å². The molecule has 1 amide bonds. The molecule has 2 heterocycles. The van der Waals surface area contributed by atoms with Crippen molar-refractivity contribution in [1.29, 1.82) is 0 Å². The first kappa shape index (κ1) is 15.0. The molecule has 0 radical (unpaired) electrons. The van der Waals surface area contributed by atoms with Gasteiger partial charge in [-0.3, -0.25) is 9.69 Å². The number of anilines is 1. The second-order valence-electron chi connectivity index (χ2n) is 5.15. The summed E-state index contributed by atoms with van der Waals surface area (Å²) in [7, 11) is -4.55. The number of aromatic nitrogens is 2. The number of rotatable bonds is 5. The van der Waals surface area contributed by atoms with E-state index in [-0.39, 0.29) is 18.9 Å². The van der Waals surface area contributed by atoms with E-state index in [2.05, 4.69) is 5.10 Å². The maximum Gasteiger partial charge on any atom is 0.302 e. The molecule has 8 heteroatoms. The van der Waals surface area contributed by atoms with Crippen molar-refractivity contribution >= 4 is 21.9 Å². The Bertz CT molecular complexity index is 611. The smallest absolute Gasteiger partial charge is 0.296 e. The number of hydrogen-bond donors (Lipinski definition) is 0. The largest absolute Gasteiger partial charge is 0.302 e. The molecular formula is C12H18FN3O3S. The zero-order valence-electron chi connectivity index (χ0n) is 11.5. The van der Waals surface area contributed by atoms with Crippen LogP contribution in [0.1, 0.15) is 25.3 Å². The van der Waals surface area contributed by atoms with Crippen LogP contribution in [-0.4, -0.2) is 36.4 Å². The SMILES string of the molecule is CCCn1ncc(C)c1N1CC(CS(=O)(=O)F)CC1=O. The molecule has 20 heavy (non-hydrogen) atoms. The van der Waals surface area contributed by atoms with Gasteiger partial charge in [-0.05, 0) is 13.3 Å². The van der Waals surface area contributed by atoms with Crippen molar-refractivity contribution < 1.29 is 17.1 Å². The van der Waals surface area contributed by atoms with Gasteiger partial charge in [0, 0.05) is 31.0 Å². The second kappa shape index (κ2) is 5.51. The molecule has 0 aromatic carbocycles. The van der Waals surface area contributed by atoms with Crippen molar-refractivity contribution in [2.24, 2.45) is 5.92 Å². The standard InChI is InChI=1S/C12H18FN3O3S/c1-3-4-16-12(9(2)6-14-16)15-7-10(5-11(15)17)8-20(13,18)19/h6,10H,3-5,7-8H2,1-2H3. The molecule has 0 spiro atoms. The van der Waals surface area contributed by atoms with Gasteiger partial charge < -0.3 is 0 Å². The third kappa shape index (κ3) is 3.17. The molecule has 1 aromatic heterocycles. The minimum Gasteiger partial charge on any atom is -0.296 e. The third-order valence-corrected chi connectivity index (χ3v) is 4.19. The molecule has 0 bridgehead atoms. The highest BCUT2D eigenvalue weighted by molar-refractivity contribution is 7.86. The van der Waals surface area contributed by atoms with Gasteiger partial charge in [-0.2, -0.15) is 13.5 Å². The summed E-state index contributed by atoms with van der Waals surface area (Å²) < 4.78 is 35.9. The maximum atomic E-state index is 12.7. The minimum atomic E-state index is -4.55. The molecule has 6 nitrogen and oxygen atoms in total. The average molecular weight is 303 g/mol. The molecule has 1 aliphatic rings. The van der Waals surface area contributed by atoms with Crippen LogP contribution in [0.15, 0.2) is 6.20 Å². The Morgan fingerprint density at radius 3 is 2.80 bits per heavy atom. The Morgan fingerprint density at radius 2 is 2.20 bits per heavy atom. The summed E-state index contributed by atoms with van der Waals surface area (Å²) in [6.45, 7) is 4.75. The zero-order chi connectivity index (χ0) is 14.9. The lowest BCUT2D eigenvalue weighted by Crippen LogP contribution is -2.28. The molecular weight excluding hydrogens is 285 g/mol. The summed E-state index contributed by atoms with van der Waals surface area (Å²) in [6, 6.07) is 0. The van der Waals surface area contributed by atoms with Gasteiger partial charge in [0.15, 0.2) is 0 Å². The number of nitrogens with zero attached hydrogens (tertiary/aromatic N) is 3. The number of aryl methyl sites for hydroxylation is 2. The van der Waals surface area contributed by atoms with Gasteiger partial charge in [-0.15, -0.1) is 3.89 Å². The van der Waals surface area contributed by atoms with E-state index in [1.54, 1.807) is 10.9 Å². The van der Waals surface area contributed by atoms with Gasteiger partial charge >= 0.3 is 10.2 Å². The van der Waals surface area contributed by atoms with Crippen LogP contribution >= 0.6 is 0 Å². The van der Waals surface area contributed by atoms with Crippen LogP contribution in [0.2, 0.25) is 0 Å². The van der Waals surface area contributed by atoms with E-state index in [1.165, 1.54) is 4.90 Å². The molecule has 1 atom stereocenters. The van der Waals surface area contributed by atoms with Crippen molar-refractivity contribution in [3.8, 4) is 0 Å². The van der Waals surface area contributed by atoms with Crippen LogP contribution in [-0.2, 0) is 21.6 Å². The Labute approximate surface area is 117 Å². The van der Waals surface area contributed by atoms with E-state index < -0.39 is 21.9 Å². The van der Waals surface area contributed by atoms with Crippen LogP contribution in [0.5, 0.6) is 0 Å². The van der Waals surface area contributed by atoms with E-state index in [4.69, 9.17) is 0 Å². The maximum absolute atomic E-state index is 12.7. The third-order valence-electron chi connectivity index (χ3n) is 3.32. The minimum absolute atomic E-state index is 0.0555. The molecule has 0 saturated carbocycles. The van der Waals surface area contributed by atoms with Gasteiger partial charge in [-0.25, -0.2) is 4.68 Å². The fourth-order valence-electron chi connectivity index (χ4n) is 2.58. The first-order valence-corrected chi connectivity index (χ1v) is 8.12.